The summed E-state index contributed by atoms with van der Waals surface area (Å²) in [7, 11) is 2.20. The molecule has 0 radical (unpaired) electrons. The van der Waals surface area contributed by atoms with Gasteiger partial charge in [-0.2, -0.15) is 0 Å². The van der Waals surface area contributed by atoms with E-state index >= 15 is 0 Å². The quantitative estimate of drug-likeness (QED) is 0.512. The fraction of sp³-hybridized carbons (Fsp3) is 0.652. The van der Waals surface area contributed by atoms with E-state index in [1.54, 1.807) is 0 Å². The van der Waals surface area contributed by atoms with Crippen molar-refractivity contribution in [3.05, 3.63) is 48.0 Å². The Bertz CT molecular complexity index is 415. The Morgan fingerprint density at radius 2 is 1.48 bits per heavy atom. The average molecular weight is 350 g/mol. The van der Waals surface area contributed by atoms with Crippen LogP contribution < -0.4 is 0 Å². The first-order valence-corrected chi connectivity index (χ1v) is 10.4. The Balaban J connectivity index is 0. The van der Waals surface area contributed by atoms with E-state index in [2.05, 4.69) is 54.4 Å². The van der Waals surface area contributed by atoms with Crippen molar-refractivity contribution >= 4 is 0 Å². The molecule has 2 heteroatoms. The molecule has 0 bridgehead atoms. The fourth-order valence-corrected chi connectivity index (χ4v) is 3.24. The second-order valence-corrected chi connectivity index (χ2v) is 5.07. The molecule has 1 aromatic carbocycles. The molecule has 0 amide bonds. The van der Waals surface area contributed by atoms with Crippen molar-refractivity contribution in [3.8, 4) is 0 Å². The van der Waals surface area contributed by atoms with Crippen LogP contribution in [0.1, 0.15) is 79.8 Å². The van der Waals surface area contributed by atoms with Crippen molar-refractivity contribution in [2.75, 3.05) is 20.2 Å². The molecule has 2 heterocycles. The van der Waals surface area contributed by atoms with E-state index in [1.807, 2.05) is 55.4 Å². The van der Waals surface area contributed by atoms with Crippen molar-refractivity contribution in [2.24, 2.45) is 0 Å². The van der Waals surface area contributed by atoms with Crippen LogP contribution in [0, 0.1) is 0 Å². The SMILES string of the molecule is CC.CC.CC.CC.CN1CCC[C@@]2(C=CCO2)[C@@H]1c1ccccc1. The molecule has 0 N–H and O–H groups in total. The lowest BCUT2D eigenvalue weighted by molar-refractivity contribution is -0.0702. The molecule has 2 nitrogen and oxygen atoms in total. The van der Waals surface area contributed by atoms with Crippen LogP contribution in [0.3, 0.4) is 0 Å². The molecule has 2 aliphatic rings. The zero-order valence-electron chi connectivity index (χ0n) is 18.3. The Morgan fingerprint density at radius 3 is 1.96 bits per heavy atom. The standard InChI is InChI=1S/C15H19NO.4C2H6/c1-16-11-5-9-15(10-6-12-17-15)14(16)13-7-3-2-4-8-13;4*1-2/h2-4,6-8,10,14H,5,9,11-12H2,1H3;4*1-2H3/t14-,15+;;;;/m0..../s1. The number of rotatable bonds is 1. The van der Waals surface area contributed by atoms with Gasteiger partial charge in [-0.05, 0) is 32.0 Å². The fourth-order valence-electron chi connectivity index (χ4n) is 3.24. The van der Waals surface area contributed by atoms with E-state index in [-0.39, 0.29) is 5.60 Å². The molecule has 146 valence electrons. The minimum Gasteiger partial charge on any atom is -0.365 e. The molecule has 0 aliphatic carbocycles. The van der Waals surface area contributed by atoms with Crippen LogP contribution in [-0.2, 0) is 4.74 Å². The number of hydrogen-bond acceptors (Lipinski definition) is 2. The topological polar surface area (TPSA) is 12.5 Å². The molecule has 0 unspecified atom stereocenters. The highest BCUT2D eigenvalue weighted by Crippen LogP contribution is 2.43. The highest BCUT2D eigenvalue weighted by atomic mass is 16.5. The summed E-state index contributed by atoms with van der Waals surface area (Å²) in [6.07, 6.45) is 6.78. The van der Waals surface area contributed by atoms with Crippen molar-refractivity contribution in [1.82, 2.24) is 4.90 Å². The van der Waals surface area contributed by atoms with Gasteiger partial charge in [0.05, 0.1) is 12.6 Å². The molecule has 25 heavy (non-hydrogen) atoms. The molecule has 1 fully saturated rings. The van der Waals surface area contributed by atoms with E-state index in [1.165, 1.54) is 12.0 Å². The highest BCUT2D eigenvalue weighted by Gasteiger charge is 2.44. The first-order valence-electron chi connectivity index (χ1n) is 10.4. The van der Waals surface area contributed by atoms with Gasteiger partial charge in [-0.1, -0.05) is 97.9 Å². The van der Waals surface area contributed by atoms with Crippen LogP contribution in [0.2, 0.25) is 0 Å². The Labute approximate surface area is 158 Å². The molecule has 2 atom stereocenters. The zero-order valence-corrected chi connectivity index (χ0v) is 18.3. The van der Waals surface area contributed by atoms with Gasteiger partial charge in [-0.25, -0.2) is 0 Å². The van der Waals surface area contributed by atoms with Gasteiger partial charge in [-0.3, -0.25) is 4.90 Å². The van der Waals surface area contributed by atoms with Gasteiger partial charge in [-0.15, -0.1) is 0 Å². The Morgan fingerprint density at radius 1 is 0.920 bits per heavy atom. The lowest BCUT2D eigenvalue weighted by Crippen LogP contribution is -2.48. The van der Waals surface area contributed by atoms with Crippen molar-refractivity contribution in [2.45, 2.75) is 79.9 Å². The van der Waals surface area contributed by atoms with E-state index in [4.69, 9.17) is 4.74 Å². The molecular formula is C23H43NO. The summed E-state index contributed by atoms with van der Waals surface area (Å²) < 4.78 is 6.07. The van der Waals surface area contributed by atoms with Crippen LogP contribution in [0.5, 0.6) is 0 Å². The lowest BCUT2D eigenvalue weighted by Gasteiger charge is -2.45. The van der Waals surface area contributed by atoms with Crippen LogP contribution in [0.15, 0.2) is 42.5 Å². The van der Waals surface area contributed by atoms with E-state index in [0.29, 0.717) is 6.04 Å². The van der Waals surface area contributed by atoms with Crippen LogP contribution in [0.25, 0.3) is 0 Å². The van der Waals surface area contributed by atoms with Crippen LogP contribution in [-0.4, -0.2) is 30.7 Å². The number of likely N-dealkylation sites (tertiary alicyclic amines) is 1. The van der Waals surface area contributed by atoms with Gasteiger partial charge in [0.25, 0.3) is 0 Å². The second-order valence-electron chi connectivity index (χ2n) is 5.07. The zero-order chi connectivity index (χ0) is 19.7. The molecule has 0 aromatic heterocycles. The number of benzene rings is 1. The summed E-state index contributed by atoms with van der Waals surface area (Å²) >= 11 is 0. The summed E-state index contributed by atoms with van der Waals surface area (Å²) in [6, 6.07) is 11.1. The smallest absolute Gasteiger partial charge is 0.106 e. The van der Waals surface area contributed by atoms with Crippen molar-refractivity contribution in [1.29, 1.82) is 0 Å². The van der Waals surface area contributed by atoms with Gasteiger partial charge >= 0.3 is 0 Å². The first-order chi connectivity index (χ1) is 12.3. The maximum absolute atomic E-state index is 6.07. The minimum atomic E-state index is -0.0889. The summed E-state index contributed by atoms with van der Waals surface area (Å²) in [5.74, 6) is 0. The van der Waals surface area contributed by atoms with E-state index < -0.39 is 0 Å². The van der Waals surface area contributed by atoms with E-state index in [0.717, 1.165) is 19.6 Å². The average Bonchev–Trinajstić information content (AvgIpc) is 3.17. The van der Waals surface area contributed by atoms with Crippen molar-refractivity contribution < 1.29 is 4.74 Å². The third-order valence-electron chi connectivity index (χ3n) is 3.95. The first kappa shape index (κ1) is 26.1. The van der Waals surface area contributed by atoms with Crippen LogP contribution in [0.4, 0.5) is 0 Å². The second kappa shape index (κ2) is 16.4. The predicted octanol–water partition coefficient (Wildman–Crippen LogP) is 6.88. The maximum atomic E-state index is 6.07. The lowest BCUT2D eigenvalue weighted by atomic mass is 9.81. The molecule has 0 saturated carbocycles. The predicted molar refractivity (Wildman–Crippen MR) is 114 cm³/mol. The minimum absolute atomic E-state index is 0.0889. The molecule has 3 rings (SSSR count). The van der Waals surface area contributed by atoms with Gasteiger partial charge in [0.2, 0.25) is 0 Å². The van der Waals surface area contributed by atoms with Gasteiger partial charge in [0.15, 0.2) is 0 Å². The van der Waals surface area contributed by atoms with Gasteiger partial charge < -0.3 is 4.74 Å². The number of likely N-dealkylation sites (N-methyl/N-ethyl adjacent to an activating group) is 1. The summed E-state index contributed by atoms with van der Waals surface area (Å²) in [5.41, 5.74) is 1.27. The van der Waals surface area contributed by atoms with Crippen LogP contribution >= 0.6 is 0 Å². The maximum Gasteiger partial charge on any atom is 0.106 e. The Kier molecular flexibility index (Phi) is 17.1. The molecule has 1 saturated heterocycles. The highest BCUT2D eigenvalue weighted by molar-refractivity contribution is 5.28. The third kappa shape index (κ3) is 7.33. The normalized spacial score (nSPS) is 23.6. The number of piperidine rings is 1. The monoisotopic (exact) mass is 349 g/mol. The Hall–Kier alpha value is -1.12. The molecule has 2 aliphatic heterocycles. The van der Waals surface area contributed by atoms with Gasteiger partial charge in [0.1, 0.15) is 5.60 Å². The van der Waals surface area contributed by atoms with Gasteiger partial charge in [0, 0.05) is 0 Å². The summed E-state index contributed by atoms with van der Waals surface area (Å²) in [6.45, 7) is 17.9. The largest absolute Gasteiger partial charge is 0.365 e. The van der Waals surface area contributed by atoms with E-state index in [9.17, 15) is 0 Å². The molecule has 1 spiro atoms. The summed E-state index contributed by atoms with van der Waals surface area (Å²) in [4.78, 5) is 2.43. The molecule has 1 aromatic rings. The number of hydrogen-bond donors (Lipinski definition) is 0. The molecular weight excluding hydrogens is 306 g/mol. The summed E-state index contributed by atoms with van der Waals surface area (Å²) in [5, 5.41) is 0. The van der Waals surface area contributed by atoms with Crippen molar-refractivity contribution in [3.63, 3.8) is 0 Å². The third-order valence-corrected chi connectivity index (χ3v) is 3.95. The number of ether oxygens (including phenoxy) is 1. The number of nitrogens with zero attached hydrogens (tertiary/aromatic N) is 1.